The Bertz CT molecular complexity index is 287. The topological polar surface area (TPSA) is 15.3 Å². The fraction of sp³-hybridized carbons (Fsp3) is 0.750. The van der Waals surface area contributed by atoms with Gasteiger partial charge in [0.15, 0.2) is 0 Å². The summed E-state index contributed by atoms with van der Waals surface area (Å²) in [5.41, 5.74) is 1.93. The molecule has 0 radical (unpaired) electrons. The average Bonchev–Trinajstić information content (AvgIpc) is 2.42. The summed E-state index contributed by atoms with van der Waals surface area (Å²) in [5, 5.41) is 3.41. The smallest absolute Gasteiger partial charge is 0.0300 e. The fourth-order valence-electron chi connectivity index (χ4n) is 2.84. The molecule has 2 heteroatoms. The molecule has 1 aliphatic carbocycles. The summed E-state index contributed by atoms with van der Waals surface area (Å²) in [5.74, 6) is 0. The first-order chi connectivity index (χ1) is 8.73. The van der Waals surface area contributed by atoms with E-state index in [9.17, 15) is 0 Å². The lowest BCUT2D eigenvalue weighted by Gasteiger charge is -2.37. The van der Waals surface area contributed by atoms with Gasteiger partial charge in [0.2, 0.25) is 0 Å². The third kappa shape index (κ3) is 4.16. The molecule has 2 aliphatic rings. The quantitative estimate of drug-likeness (QED) is 0.824. The molecule has 2 rings (SSSR count). The van der Waals surface area contributed by atoms with Crippen LogP contribution in [0.5, 0.6) is 0 Å². The zero-order valence-electron chi connectivity index (χ0n) is 12.6. The van der Waals surface area contributed by atoms with E-state index in [0.717, 1.165) is 13.1 Å². The molecule has 1 aliphatic heterocycles. The summed E-state index contributed by atoms with van der Waals surface area (Å²) in [6, 6.07) is 0. The summed E-state index contributed by atoms with van der Waals surface area (Å²) in [6.45, 7) is 13.3. The van der Waals surface area contributed by atoms with Crippen LogP contribution in [-0.4, -0.2) is 31.1 Å². The second-order valence-electron chi connectivity index (χ2n) is 5.33. The van der Waals surface area contributed by atoms with E-state index in [0.29, 0.717) is 5.41 Å². The predicted molar refractivity (Wildman–Crippen MR) is 80.6 cm³/mol. The molecule has 1 unspecified atom stereocenters. The molecule has 0 aromatic rings. The van der Waals surface area contributed by atoms with Crippen molar-refractivity contribution in [3.8, 4) is 0 Å². The van der Waals surface area contributed by atoms with Crippen molar-refractivity contribution in [1.82, 2.24) is 10.2 Å². The van der Waals surface area contributed by atoms with Gasteiger partial charge in [0.1, 0.15) is 0 Å². The number of hydrogen-bond acceptors (Lipinski definition) is 2. The maximum atomic E-state index is 3.41. The SMILES string of the molecule is CC.CCCC1(C)C=CC=C(N2CCNCC2)C1. The van der Waals surface area contributed by atoms with E-state index in [1.165, 1.54) is 32.4 Å². The van der Waals surface area contributed by atoms with Crippen LogP contribution in [0.3, 0.4) is 0 Å². The third-order valence-corrected chi connectivity index (χ3v) is 3.72. The first kappa shape index (κ1) is 15.3. The second kappa shape index (κ2) is 7.63. The Kier molecular flexibility index (Phi) is 6.48. The van der Waals surface area contributed by atoms with Gasteiger partial charge in [0.25, 0.3) is 0 Å². The van der Waals surface area contributed by atoms with Crippen molar-refractivity contribution in [2.75, 3.05) is 26.2 Å². The largest absolute Gasteiger partial charge is 0.372 e. The van der Waals surface area contributed by atoms with Gasteiger partial charge in [-0.3, -0.25) is 0 Å². The highest BCUT2D eigenvalue weighted by atomic mass is 15.2. The highest BCUT2D eigenvalue weighted by Gasteiger charge is 2.26. The Hall–Kier alpha value is -0.760. The monoisotopic (exact) mass is 250 g/mol. The van der Waals surface area contributed by atoms with Crippen molar-refractivity contribution in [2.45, 2.75) is 47.0 Å². The van der Waals surface area contributed by atoms with Crippen LogP contribution in [0.2, 0.25) is 0 Å². The van der Waals surface area contributed by atoms with Crippen LogP contribution in [0.15, 0.2) is 23.9 Å². The normalized spacial score (nSPS) is 27.3. The lowest BCUT2D eigenvalue weighted by Crippen LogP contribution is -2.43. The molecular formula is C16H30N2. The Balaban J connectivity index is 0.000000771. The van der Waals surface area contributed by atoms with Crippen LogP contribution in [0.25, 0.3) is 0 Å². The van der Waals surface area contributed by atoms with Gasteiger partial charge < -0.3 is 10.2 Å². The minimum absolute atomic E-state index is 0.393. The zero-order chi connectivity index (χ0) is 13.4. The number of piperazine rings is 1. The summed E-state index contributed by atoms with van der Waals surface area (Å²) in [7, 11) is 0. The number of nitrogens with zero attached hydrogens (tertiary/aromatic N) is 1. The predicted octanol–water partition coefficient (Wildman–Crippen LogP) is 3.57. The highest BCUT2D eigenvalue weighted by molar-refractivity contribution is 5.23. The molecule has 0 aromatic carbocycles. The van der Waals surface area contributed by atoms with Crippen LogP contribution in [0, 0.1) is 5.41 Å². The molecule has 0 saturated carbocycles. The first-order valence-electron chi connectivity index (χ1n) is 7.57. The lowest BCUT2D eigenvalue weighted by atomic mass is 9.78. The van der Waals surface area contributed by atoms with E-state index in [1.54, 1.807) is 5.70 Å². The Morgan fingerprint density at radius 1 is 1.28 bits per heavy atom. The molecule has 18 heavy (non-hydrogen) atoms. The summed E-state index contributed by atoms with van der Waals surface area (Å²) in [6.07, 6.45) is 10.8. The van der Waals surface area contributed by atoms with E-state index < -0.39 is 0 Å². The van der Waals surface area contributed by atoms with E-state index in [2.05, 4.69) is 42.3 Å². The zero-order valence-corrected chi connectivity index (χ0v) is 12.6. The maximum absolute atomic E-state index is 3.41. The van der Waals surface area contributed by atoms with Gasteiger partial charge >= 0.3 is 0 Å². The average molecular weight is 250 g/mol. The molecule has 1 atom stereocenters. The minimum atomic E-state index is 0.393. The van der Waals surface area contributed by atoms with Crippen LogP contribution in [0.4, 0.5) is 0 Å². The van der Waals surface area contributed by atoms with Crippen molar-refractivity contribution in [3.63, 3.8) is 0 Å². The lowest BCUT2D eigenvalue weighted by molar-refractivity contribution is 0.255. The van der Waals surface area contributed by atoms with E-state index in [-0.39, 0.29) is 0 Å². The van der Waals surface area contributed by atoms with Crippen molar-refractivity contribution >= 4 is 0 Å². The Morgan fingerprint density at radius 3 is 2.56 bits per heavy atom. The van der Waals surface area contributed by atoms with Gasteiger partial charge in [-0.15, -0.1) is 0 Å². The Labute approximate surface area is 113 Å². The number of rotatable bonds is 3. The van der Waals surface area contributed by atoms with E-state index in [1.807, 2.05) is 13.8 Å². The molecule has 0 spiro atoms. The number of hydrogen-bond donors (Lipinski definition) is 1. The molecule has 2 nitrogen and oxygen atoms in total. The summed E-state index contributed by atoms with van der Waals surface area (Å²) >= 11 is 0. The van der Waals surface area contributed by atoms with Crippen molar-refractivity contribution in [3.05, 3.63) is 23.9 Å². The summed E-state index contributed by atoms with van der Waals surface area (Å²) < 4.78 is 0. The highest BCUT2D eigenvalue weighted by Crippen LogP contribution is 2.36. The van der Waals surface area contributed by atoms with Crippen LogP contribution in [-0.2, 0) is 0 Å². The van der Waals surface area contributed by atoms with Crippen molar-refractivity contribution in [1.29, 1.82) is 0 Å². The standard InChI is InChI=1S/C14H24N2.C2H6/c1-3-6-14(2)7-4-5-13(12-14)16-10-8-15-9-11-16;1-2/h4-5,7,15H,3,6,8-12H2,1-2H3;1-2H3. The molecule has 1 N–H and O–H groups in total. The van der Waals surface area contributed by atoms with Gasteiger partial charge in [-0.1, -0.05) is 46.3 Å². The molecule has 0 amide bonds. The number of nitrogens with one attached hydrogen (secondary N) is 1. The molecule has 1 fully saturated rings. The summed E-state index contributed by atoms with van der Waals surface area (Å²) in [4.78, 5) is 2.55. The van der Waals surface area contributed by atoms with Crippen LogP contribution >= 0.6 is 0 Å². The van der Waals surface area contributed by atoms with E-state index in [4.69, 9.17) is 0 Å². The third-order valence-electron chi connectivity index (χ3n) is 3.72. The van der Waals surface area contributed by atoms with Gasteiger partial charge in [-0.25, -0.2) is 0 Å². The van der Waals surface area contributed by atoms with Crippen LogP contribution < -0.4 is 5.32 Å². The first-order valence-corrected chi connectivity index (χ1v) is 7.57. The van der Waals surface area contributed by atoms with Gasteiger partial charge in [0.05, 0.1) is 0 Å². The van der Waals surface area contributed by atoms with Crippen molar-refractivity contribution in [2.24, 2.45) is 5.41 Å². The van der Waals surface area contributed by atoms with Gasteiger partial charge in [-0.2, -0.15) is 0 Å². The van der Waals surface area contributed by atoms with E-state index >= 15 is 0 Å². The number of allylic oxidation sites excluding steroid dienone is 4. The second-order valence-corrected chi connectivity index (χ2v) is 5.33. The van der Waals surface area contributed by atoms with Crippen molar-refractivity contribution < 1.29 is 0 Å². The van der Waals surface area contributed by atoms with Gasteiger partial charge in [-0.05, 0) is 24.3 Å². The van der Waals surface area contributed by atoms with Gasteiger partial charge in [0, 0.05) is 31.9 Å². The molecule has 1 saturated heterocycles. The molecule has 104 valence electrons. The molecule has 1 heterocycles. The van der Waals surface area contributed by atoms with Crippen LogP contribution in [0.1, 0.15) is 47.0 Å². The molecular weight excluding hydrogens is 220 g/mol. The fourth-order valence-corrected chi connectivity index (χ4v) is 2.84. The maximum Gasteiger partial charge on any atom is 0.0300 e. The molecule has 0 bridgehead atoms. The Morgan fingerprint density at radius 2 is 1.94 bits per heavy atom. The minimum Gasteiger partial charge on any atom is -0.372 e. The molecule has 0 aromatic heterocycles.